The molecule has 4 aliphatic carbocycles. The predicted octanol–water partition coefficient (Wildman–Crippen LogP) is 8.64. The van der Waals surface area contributed by atoms with Gasteiger partial charge >= 0.3 is 0 Å². The van der Waals surface area contributed by atoms with Gasteiger partial charge in [-0.05, 0) is 103 Å². The van der Waals surface area contributed by atoms with Crippen LogP contribution in [0.5, 0.6) is 0 Å². The van der Waals surface area contributed by atoms with E-state index < -0.39 is 0 Å². The standard InChI is InChI=1S/C27H48/c1-8-14-24(4)16-10-18-26(6)21(24)11-12-22-25(5)17-9-15-23(2,3)20(25)13-19-27(22,26)7/h20-22H,8-19H2,1-7H3/t20-,21+,22+,24-,25-,26+,27+/m0/s1. The van der Waals surface area contributed by atoms with Crippen LogP contribution in [0.15, 0.2) is 0 Å². The van der Waals surface area contributed by atoms with Gasteiger partial charge in [0.15, 0.2) is 0 Å². The van der Waals surface area contributed by atoms with E-state index in [0.717, 1.165) is 17.8 Å². The summed E-state index contributed by atoms with van der Waals surface area (Å²) in [6.45, 7) is 18.6. The molecule has 156 valence electrons. The van der Waals surface area contributed by atoms with Gasteiger partial charge in [0.1, 0.15) is 0 Å². The van der Waals surface area contributed by atoms with Crippen molar-refractivity contribution in [1.29, 1.82) is 0 Å². The summed E-state index contributed by atoms with van der Waals surface area (Å²) in [4.78, 5) is 0. The molecular weight excluding hydrogens is 324 g/mol. The highest BCUT2D eigenvalue weighted by molar-refractivity contribution is 5.16. The summed E-state index contributed by atoms with van der Waals surface area (Å²) >= 11 is 0. The van der Waals surface area contributed by atoms with E-state index >= 15 is 0 Å². The molecule has 0 heterocycles. The van der Waals surface area contributed by atoms with E-state index in [2.05, 4.69) is 48.5 Å². The van der Waals surface area contributed by atoms with Gasteiger partial charge in [-0.1, -0.05) is 67.7 Å². The largest absolute Gasteiger partial charge is 0.0654 e. The van der Waals surface area contributed by atoms with Crippen molar-refractivity contribution < 1.29 is 0 Å². The fourth-order valence-corrected chi connectivity index (χ4v) is 10.5. The second-order valence-electron chi connectivity index (χ2n) is 13.2. The Morgan fingerprint density at radius 1 is 0.630 bits per heavy atom. The lowest BCUT2D eigenvalue weighted by Crippen LogP contribution is -2.65. The van der Waals surface area contributed by atoms with Crippen molar-refractivity contribution >= 4 is 0 Å². The van der Waals surface area contributed by atoms with Crippen LogP contribution in [0.4, 0.5) is 0 Å². The van der Waals surface area contributed by atoms with Crippen LogP contribution in [0.25, 0.3) is 0 Å². The Balaban J connectivity index is 1.74. The van der Waals surface area contributed by atoms with Crippen molar-refractivity contribution in [3.63, 3.8) is 0 Å². The Kier molecular flexibility index (Phi) is 4.69. The SMILES string of the molecule is CCC[C@@]1(C)CCC[C@]2(C)[C@@H]1CC[C@@H]1[C@@]3(C)CCCC(C)(C)[C@@H]3CC[C@]12C. The van der Waals surface area contributed by atoms with Crippen LogP contribution in [0, 0.1) is 44.8 Å². The lowest BCUT2D eigenvalue weighted by molar-refractivity contribution is -0.234. The minimum absolute atomic E-state index is 0.565. The van der Waals surface area contributed by atoms with E-state index in [4.69, 9.17) is 0 Å². The predicted molar refractivity (Wildman–Crippen MR) is 118 cm³/mol. The van der Waals surface area contributed by atoms with Gasteiger partial charge in [0.25, 0.3) is 0 Å². The summed E-state index contributed by atoms with van der Waals surface area (Å²) in [6, 6.07) is 0. The van der Waals surface area contributed by atoms with Crippen molar-refractivity contribution in [2.75, 3.05) is 0 Å². The monoisotopic (exact) mass is 372 g/mol. The summed E-state index contributed by atoms with van der Waals surface area (Å²) in [5, 5.41) is 0. The van der Waals surface area contributed by atoms with E-state index in [1.165, 1.54) is 77.0 Å². The van der Waals surface area contributed by atoms with Crippen LogP contribution >= 0.6 is 0 Å². The lowest BCUT2D eigenvalue weighted by atomic mass is 9.32. The average molecular weight is 373 g/mol. The Labute approximate surface area is 170 Å². The Hall–Kier alpha value is 0. The molecule has 27 heavy (non-hydrogen) atoms. The summed E-state index contributed by atoms with van der Waals surface area (Å²) in [6.07, 6.45) is 17.8. The molecule has 0 amide bonds. The molecule has 0 N–H and O–H groups in total. The van der Waals surface area contributed by atoms with Gasteiger partial charge in [-0.3, -0.25) is 0 Å². The summed E-state index contributed by atoms with van der Waals surface area (Å²) in [7, 11) is 0. The summed E-state index contributed by atoms with van der Waals surface area (Å²) in [5.74, 6) is 2.90. The zero-order valence-electron chi connectivity index (χ0n) is 19.7. The molecule has 4 aliphatic rings. The van der Waals surface area contributed by atoms with Gasteiger partial charge in [0.2, 0.25) is 0 Å². The topological polar surface area (TPSA) is 0 Å². The molecule has 0 heteroatoms. The van der Waals surface area contributed by atoms with Gasteiger partial charge < -0.3 is 0 Å². The van der Waals surface area contributed by atoms with Crippen LogP contribution in [0.1, 0.15) is 126 Å². The quantitative estimate of drug-likeness (QED) is 0.455. The smallest absolute Gasteiger partial charge is 0.0235 e. The van der Waals surface area contributed by atoms with E-state index in [1.807, 2.05) is 0 Å². The highest BCUT2D eigenvalue weighted by Crippen LogP contribution is 2.75. The maximum Gasteiger partial charge on any atom is -0.0235 e. The fourth-order valence-electron chi connectivity index (χ4n) is 10.5. The third-order valence-electron chi connectivity index (χ3n) is 11.7. The number of fused-ring (bicyclic) bond motifs is 5. The molecular formula is C27H48. The molecule has 0 aromatic rings. The molecule has 0 aromatic carbocycles. The fraction of sp³-hybridized carbons (Fsp3) is 1.00. The third kappa shape index (κ3) is 2.59. The molecule has 0 saturated heterocycles. The third-order valence-corrected chi connectivity index (χ3v) is 11.7. The van der Waals surface area contributed by atoms with Gasteiger partial charge in [-0.2, -0.15) is 0 Å². The molecule has 4 fully saturated rings. The van der Waals surface area contributed by atoms with Gasteiger partial charge in [-0.25, -0.2) is 0 Å². The molecule has 0 unspecified atom stereocenters. The first-order valence-corrected chi connectivity index (χ1v) is 12.5. The highest BCUT2D eigenvalue weighted by Gasteiger charge is 2.67. The molecule has 7 atom stereocenters. The van der Waals surface area contributed by atoms with E-state index in [1.54, 1.807) is 0 Å². The minimum Gasteiger partial charge on any atom is -0.0654 e. The number of hydrogen-bond acceptors (Lipinski definition) is 0. The molecule has 0 bridgehead atoms. The molecule has 0 nitrogen and oxygen atoms in total. The van der Waals surface area contributed by atoms with Crippen molar-refractivity contribution in [3.8, 4) is 0 Å². The Morgan fingerprint density at radius 3 is 1.96 bits per heavy atom. The minimum atomic E-state index is 0.565. The Bertz CT molecular complexity index is 571. The first-order chi connectivity index (χ1) is 12.5. The average Bonchev–Trinajstić information content (AvgIpc) is 2.55. The van der Waals surface area contributed by atoms with Crippen molar-refractivity contribution in [2.24, 2.45) is 44.8 Å². The van der Waals surface area contributed by atoms with Gasteiger partial charge in [-0.15, -0.1) is 0 Å². The Morgan fingerprint density at radius 2 is 1.26 bits per heavy atom. The van der Waals surface area contributed by atoms with Crippen LogP contribution in [-0.2, 0) is 0 Å². The van der Waals surface area contributed by atoms with E-state index in [9.17, 15) is 0 Å². The zero-order valence-corrected chi connectivity index (χ0v) is 19.7. The second kappa shape index (κ2) is 6.25. The molecule has 0 aromatic heterocycles. The van der Waals surface area contributed by atoms with Crippen LogP contribution in [-0.4, -0.2) is 0 Å². The zero-order chi connectivity index (χ0) is 19.7. The number of rotatable bonds is 2. The first-order valence-electron chi connectivity index (χ1n) is 12.5. The van der Waals surface area contributed by atoms with Crippen molar-refractivity contribution in [3.05, 3.63) is 0 Å². The van der Waals surface area contributed by atoms with Crippen LogP contribution in [0.2, 0.25) is 0 Å². The van der Waals surface area contributed by atoms with Crippen LogP contribution < -0.4 is 0 Å². The van der Waals surface area contributed by atoms with E-state index in [0.29, 0.717) is 27.1 Å². The summed E-state index contributed by atoms with van der Waals surface area (Å²) < 4.78 is 0. The molecule has 4 saturated carbocycles. The maximum atomic E-state index is 2.78. The highest BCUT2D eigenvalue weighted by atomic mass is 14.7. The molecule has 0 spiro atoms. The molecule has 0 radical (unpaired) electrons. The van der Waals surface area contributed by atoms with Crippen molar-refractivity contribution in [1.82, 2.24) is 0 Å². The summed E-state index contributed by atoms with van der Waals surface area (Å²) in [5.41, 5.74) is 2.92. The maximum absolute atomic E-state index is 2.78. The molecule has 4 rings (SSSR count). The van der Waals surface area contributed by atoms with Crippen LogP contribution in [0.3, 0.4) is 0 Å². The van der Waals surface area contributed by atoms with Gasteiger partial charge in [0, 0.05) is 0 Å². The normalized spacial score (nSPS) is 54.6. The van der Waals surface area contributed by atoms with Crippen molar-refractivity contribution in [2.45, 2.75) is 126 Å². The molecule has 0 aliphatic heterocycles. The first kappa shape index (κ1) is 20.3. The second-order valence-corrected chi connectivity index (χ2v) is 13.2. The number of hydrogen-bond donors (Lipinski definition) is 0. The van der Waals surface area contributed by atoms with Gasteiger partial charge in [0.05, 0.1) is 0 Å². The lowest BCUT2D eigenvalue weighted by Gasteiger charge is -2.72. The van der Waals surface area contributed by atoms with E-state index in [-0.39, 0.29) is 0 Å².